The molecule has 0 aromatic carbocycles. The highest BCUT2D eigenvalue weighted by molar-refractivity contribution is 7.99. The van der Waals surface area contributed by atoms with Crippen molar-refractivity contribution in [3.05, 3.63) is 45.7 Å². The highest BCUT2D eigenvalue weighted by atomic mass is 32.2. The van der Waals surface area contributed by atoms with Gasteiger partial charge in [0, 0.05) is 7.05 Å². The molecule has 0 bridgehead atoms. The molecule has 0 radical (unpaired) electrons. The standard InChI is InChI=1S/C13H8N4OS2/c1-17-12(18)9-5-6-19-11(9)16-13(17)20-10-4-2-3-8(7-14)15-10/h2-6H,1H3. The first kappa shape index (κ1) is 12.8. The zero-order chi connectivity index (χ0) is 14.1. The fraction of sp³-hybridized carbons (Fsp3) is 0.0769. The van der Waals surface area contributed by atoms with Crippen molar-refractivity contribution in [3.63, 3.8) is 0 Å². The Morgan fingerprint density at radius 1 is 1.35 bits per heavy atom. The third-order valence-electron chi connectivity index (χ3n) is 2.70. The summed E-state index contributed by atoms with van der Waals surface area (Å²) < 4.78 is 1.50. The predicted molar refractivity (Wildman–Crippen MR) is 77.9 cm³/mol. The Balaban J connectivity index is 2.08. The van der Waals surface area contributed by atoms with Crippen molar-refractivity contribution in [1.82, 2.24) is 14.5 Å². The van der Waals surface area contributed by atoms with Gasteiger partial charge in [-0.05, 0) is 35.3 Å². The average molecular weight is 300 g/mol. The van der Waals surface area contributed by atoms with Crippen molar-refractivity contribution in [2.45, 2.75) is 10.2 Å². The highest BCUT2D eigenvalue weighted by Crippen LogP contribution is 2.25. The van der Waals surface area contributed by atoms with Crippen LogP contribution in [0.25, 0.3) is 10.2 Å². The number of hydrogen-bond donors (Lipinski definition) is 0. The lowest BCUT2D eigenvalue weighted by atomic mass is 10.4. The molecule has 0 aliphatic carbocycles. The third-order valence-corrected chi connectivity index (χ3v) is 4.49. The van der Waals surface area contributed by atoms with Gasteiger partial charge >= 0.3 is 0 Å². The molecule has 0 saturated heterocycles. The van der Waals surface area contributed by atoms with Crippen LogP contribution in [0.4, 0.5) is 0 Å². The maximum Gasteiger partial charge on any atom is 0.262 e. The van der Waals surface area contributed by atoms with Crippen molar-refractivity contribution in [2.75, 3.05) is 0 Å². The molecule has 0 saturated carbocycles. The zero-order valence-corrected chi connectivity index (χ0v) is 12.0. The highest BCUT2D eigenvalue weighted by Gasteiger charge is 2.11. The number of rotatable bonds is 2. The average Bonchev–Trinajstić information content (AvgIpc) is 2.93. The Kier molecular flexibility index (Phi) is 3.26. The van der Waals surface area contributed by atoms with E-state index in [0.717, 1.165) is 0 Å². The summed E-state index contributed by atoms with van der Waals surface area (Å²) in [6.45, 7) is 0. The molecule has 5 nitrogen and oxygen atoms in total. The summed E-state index contributed by atoms with van der Waals surface area (Å²) in [6.07, 6.45) is 0. The van der Waals surface area contributed by atoms with Crippen LogP contribution in [0.2, 0.25) is 0 Å². The number of aromatic nitrogens is 3. The van der Waals surface area contributed by atoms with Crippen LogP contribution in [0.5, 0.6) is 0 Å². The monoisotopic (exact) mass is 300 g/mol. The number of pyridine rings is 1. The summed E-state index contributed by atoms with van der Waals surface area (Å²) in [6, 6.07) is 8.95. The molecular formula is C13H8N4OS2. The second kappa shape index (κ2) is 5.07. The molecule has 7 heteroatoms. The molecule has 3 aromatic rings. The van der Waals surface area contributed by atoms with Gasteiger partial charge in [0.15, 0.2) is 5.16 Å². The zero-order valence-electron chi connectivity index (χ0n) is 10.4. The van der Waals surface area contributed by atoms with E-state index in [0.29, 0.717) is 26.1 Å². The van der Waals surface area contributed by atoms with E-state index in [1.165, 1.54) is 27.7 Å². The molecule has 0 amide bonds. The molecule has 3 aromatic heterocycles. The van der Waals surface area contributed by atoms with E-state index in [1.54, 1.807) is 31.3 Å². The first-order chi connectivity index (χ1) is 9.69. The Hall–Kier alpha value is -2.17. The van der Waals surface area contributed by atoms with Gasteiger partial charge in [-0.25, -0.2) is 9.97 Å². The lowest BCUT2D eigenvalue weighted by Gasteiger charge is -2.06. The molecule has 0 aliphatic rings. The van der Waals surface area contributed by atoms with Crippen LogP contribution < -0.4 is 5.56 Å². The van der Waals surface area contributed by atoms with Crippen molar-refractivity contribution >= 4 is 33.3 Å². The number of nitriles is 1. The van der Waals surface area contributed by atoms with Gasteiger partial charge < -0.3 is 0 Å². The van der Waals surface area contributed by atoms with Gasteiger partial charge in [0.05, 0.1) is 5.39 Å². The minimum Gasteiger partial charge on any atom is -0.290 e. The van der Waals surface area contributed by atoms with Crippen LogP contribution in [0.1, 0.15) is 5.69 Å². The lowest BCUT2D eigenvalue weighted by Crippen LogP contribution is -2.19. The Morgan fingerprint density at radius 2 is 2.20 bits per heavy atom. The van der Waals surface area contributed by atoms with E-state index in [-0.39, 0.29) is 5.56 Å². The molecule has 0 unspecified atom stereocenters. The van der Waals surface area contributed by atoms with Gasteiger partial charge in [-0.15, -0.1) is 11.3 Å². The Labute approximate surface area is 122 Å². The molecule has 3 rings (SSSR count). The maximum atomic E-state index is 12.2. The number of fused-ring (bicyclic) bond motifs is 1. The van der Waals surface area contributed by atoms with Crippen LogP contribution in [0, 0.1) is 11.3 Å². The fourth-order valence-electron chi connectivity index (χ4n) is 1.70. The van der Waals surface area contributed by atoms with Crippen molar-refractivity contribution in [1.29, 1.82) is 5.26 Å². The van der Waals surface area contributed by atoms with E-state index in [1.807, 2.05) is 11.4 Å². The third kappa shape index (κ3) is 2.19. The minimum absolute atomic E-state index is 0.0739. The van der Waals surface area contributed by atoms with Crippen LogP contribution in [0.15, 0.2) is 44.6 Å². The maximum absolute atomic E-state index is 12.2. The molecule has 0 spiro atoms. The van der Waals surface area contributed by atoms with Crippen LogP contribution >= 0.6 is 23.1 Å². The molecule has 3 heterocycles. The van der Waals surface area contributed by atoms with Crippen molar-refractivity contribution < 1.29 is 0 Å². The molecule has 0 atom stereocenters. The predicted octanol–water partition coefficient (Wildman–Crippen LogP) is 2.41. The van der Waals surface area contributed by atoms with E-state index in [9.17, 15) is 4.79 Å². The lowest BCUT2D eigenvalue weighted by molar-refractivity contribution is 0.727. The summed E-state index contributed by atoms with van der Waals surface area (Å²) in [5, 5.41) is 12.5. The second-order valence-corrected chi connectivity index (χ2v) is 5.86. The summed E-state index contributed by atoms with van der Waals surface area (Å²) in [5.41, 5.74) is 0.271. The van der Waals surface area contributed by atoms with Crippen molar-refractivity contribution in [2.24, 2.45) is 7.05 Å². The summed E-state index contributed by atoms with van der Waals surface area (Å²) in [5.74, 6) is 0. The smallest absolute Gasteiger partial charge is 0.262 e. The molecule has 0 fully saturated rings. The fourth-order valence-corrected chi connectivity index (χ4v) is 3.35. The van der Waals surface area contributed by atoms with E-state index >= 15 is 0 Å². The van der Waals surface area contributed by atoms with Gasteiger partial charge in [-0.2, -0.15) is 5.26 Å². The molecule has 0 N–H and O–H groups in total. The normalized spacial score (nSPS) is 10.6. The van der Waals surface area contributed by atoms with Gasteiger partial charge in [0.25, 0.3) is 5.56 Å². The number of thiophene rings is 1. The largest absolute Gasteiger partial charge is 0.290 e. The van der Waals surface area contributed by atoms with E-state index < -0.39 is 0 Å². The summed E-state index contributed by atoms with van der Waals surface area (Å²) >= 11 is 2.70. The van der Waals surface area contributed by atoms with E-state index in [2.05, 4.69) is 9.97 Å². The van der Waals surface area contributed by atoms with Crippen molar-refractivity contribution in [3.8, 4) is 6.07 Å². The summed E-state index contributed by atoms with van der Waals surface area (Å²) in [4.78, 5) is 21.5. The summed E-state index contributed by atoms with van der Waals surface area (Å²) in [7, 11) is 1.68. The van der Waals surface area contributed by atoms with Crippen LogP contribution in [0.3, 0.4) is 0 Å². The minimum atomic E-state index is -0.0739. The molecule has 0 aliphatic heterocycles. The SMILES string of the molecule is Cn1c(Sc2cccc(C#N)n2)nc2sccc2c1=O. The molecular weight excluding hydrogens is 292 g/mol. The number of nitrogens with zero attached hydrogens (tertiary/aromatic N) is 4. The Bertz CT molecular complexity index is 891. The van der Waals surface area contributed by atoms with Gasteiger partial charge in [-0.1, -0.05) is 6.07 Å². The molecule has 20 heavy (non-hydrogen) atoms. The first-order valence-electron chi connectivity index (χ1n) is 5.68. The van der Waals surface area contributed by atoms with Crippen LogP contribution in [-0.2, 0) is 7.05 Å². The van der Waals surface area contributed by atoms with Gasteiger partial charge in [0.1, 0.15) is 21.6 Å². The molecule has 98 valence electrons. The first-order valence-corrected chi connectivity index (χ1v) is 7.38. The number of hydrogen-bond acceptors (Lipinski definition) is 6. The van der Waals surface area contributed by atoms with Crippen LogP contribution in [-0.4, -0.2) is 14.5 Å². The second-order valence-electron chi connectivity index (χ2n) is 3.97. The Morgan fingerprint density at radius 3 is 3.00 bits per heavy atom. The van der Waals surface area contributed by atoms with E-state index in [4.69, 9.17) is 5.26 Å². The quantitative estimate of drug-likeness (QED) is 0.680. The van der Waals surface area contributed by atoms with Gasteiger partial charge in [-0.3, -0.25) is 9.36 Å². The topological polar surface area (TPSA) is 71.6 Å². The van der Waals surface area contributed by atoms with Gasteiger partial charge in [0.2, 0.25) is 0 Å².